The van der Waals surface area contributed by atoms with Crippen LogP contribution in [0.25, 0.3) is 0 Å². The zero-order valence-corrected chi connectivity index (χ0v) is 16.4. The van der Waals surface area contributed by atoms with E-state index in [1.54, 1.807) is 24.0 Å². The molecule has 0 aliphatic carbocycles. The van der Waals surface area contributed by atoms with Gasteiger partial charge in [-0.05, 0) is 50.8 Å². The minimum Gasteiger partial charge on any atom is -0.466 e. The first kappa shape index (κ1) is 19.8. The predicted molar refractivity (Wildman–Crippen MR) is 99.7 cm³/mol. The molecule has 0 saturated carbocycles. The molecule has 1 amide bonds. The minimum atomic E-state index is -3.57. The molecule has 1 aromatic rings. The molecule has 2 heterocycles. The molecule has 2 saturated heterocycles. The second-order valence-corrected chi connectivity index (χ2v) is 8.92. The SMILES string of the molecule is CCOC(=O)[C@H]1CCCN(C(=O)c2cccc(S(=O)(=O)N3CCCC3)c2)C1. The van der Waals surface area contributed by atoms with E-state index < -0.39 is 10.0 Å². The van der Waals surface area contributed by atoms with Crippen molar-refractivity contribution < 1.29 is 22.7 Å². The molecule has 3 rings (SSSR count). The van der Waals surface area contributed by atoms with Crippen LogP contribution in [-0.4, -0.2) is 62.3 Å². The van der Waals surface area contributed by atoms with Gasteiger partial charge in [-0.1, -0.05) is 6.07 Å². The number of rotatable bonds is 5. The number of piperidine rings is 1. The van der Waals surface area contributed by atoms with Gasteiger partial charge in [-0.15, -0.1) is 0 Å². The summed E-state index contributed by atoms with van der Waals surface area (Å²) in [6.07, 6.45) is 3.15. The molecule has 0 bridgehead atoms. The molecule has 0 aromatic heterocycles. The van der Waals surface area contributed by atoms with Crippen LogP contribution < -0.4 is 0 Å². The number of nitrogens with zero attached hydrogens (tertiary/aromatic N) is 2. The number of likely N-dealkylation sites (tertiary alicyclic amines) is 1. The van der Waals surface area contributed by atoms with E-state index in [2.05, 4.69) is 0 Å². The minimum absolute atomic E-state index is 0.147. The van der Waals surface area contributed by atoms with Gasteiger partial charge >= 0.3 is 5.97 Å². The third kappa shape index (κ3) is 4.32. The van der Waals surface area contributed by atoms with E-state index in [9.17, 15) is 18.0 Å². The second kappa shape index (κ2) is 8.39. The Morgan fingerprint density at radius 2 is 1.89 bits per heavy atom. The van der Waals surface area contributed by atoms with Gasteiger partial charge in [0, 0.05) is 31.7 Å². The number of hydrogen-bond donors (Lipinski definition) is 0. The number of esters is 1. The molecule has 0 N–H and O–H groups in total. The van der Waals surface area contributed by atoms with Crippen LogP contribution in [0.3, 0.4) is 0 Å². The number of carbonyl (C=O) groups is 2. The number of carbonyl (C=O) groups excluding carboxylic acids is 2. The number of hydrogen-bond acceptors (Lipinski definition) is 5. The Morgan fingerprint density at radius 3 is 2.59 bits per heavy atom. The predicted octanol–water partition coefficient (Wildman–Crippen LogP) is 1.89. The summed E-state index contributed by atoms with van der Waals surface area (Å²) in [7, 11) is -3.57. The first-order valence-electron chi connectivity index (χ1n) is 9.49. The lowest BCUT2D eigenvalue weighted by Crippen LogP contribution is -2.42. The van der Waals surface area contributed by atoms with Gasteiger partial charge in [0.05, 0.1) is 17.4 Å². The van der Waals surface area contributed by atoms with Gasteiger partial charge < -0.3 is 9.64 Å². The van der Waals surface area contributed by atoms with Crippen LogP contribution in [0, 0.1) is 5.92 Å². The molecule has 0 spiro atoms. The molecule has 7 nitrogen and oxygen atoms in total. The quantitative estimate of drug-likeness (QED) is 0.712. The number of sulfonamides is 1. The van der Waals surface area contributed by atoms with E-state index in [1.807, 2.05) is 0 Å². The molecule has 2 aliphatic heterocycles. The lowest BCUT2D eigenvalue weighted by atomic mass is 9.97. The van der Waals surface area contributed by atoms with Crippen LogP contribution >= 0.6 is 0 Å². The Morgan fingerprint density at radius 1 is 1.15 bits per heavy atom. The summed E-state index contributed by atoms with van der Waals surface area (Å²) in [5, 5.41) is 0. The first-order chi connectivity index (χ1) is 12.9. The van der Waals surface area contributed by atoms with Gasteiger partial charge in [-0.3, -0.25) is 9.59 Å². The average Bonchev–Trinajstić information content (AvgIpc) is 3.23. The first-order valence-corrected chi connectivity index (χ1v) is 10.9. The lowest BCUT2D eigenvalue weighted by Gasteiger charge is -2.31. The van der Waals surface area contributed by atoms with Gasteiger partial charge in [0.25, 0.3) is 5.91 Å². The van der Waals surface area contributed by atoms with E-state index in [-0.39, 0.29) is 22.7 Å². The van der Waals surface area contributed by atoms with E-state index in [0.29, 0.717) is 44.8 Å². The Balaban J connectivity index is 1.76. The molecule has 1 aromatic carbocycles. The molecular formula is C19H26N2O5S. The number of benzene rings is 1. The molecule has 8 heteroatoms. The van der Waals surface area contributed by atoms with Crippen molar-refractivity contribution >= 4 is 21.9 Å². The average molecular weight is 394 g/mol. The standard InChI is InChI=1S/C19H26N2O5S/c1-2-26-19(23)16-8-6-10-20(14-16)18(22)15-7-5-9-17(13-15)27(24,25)21-11-3-4-12-21/h5,7,9,13,16H,2-4,6,8,10-12,14H2,1H3/t16-/m0/s1. The molecular weight excluding hydrogens is 368 g/mol. The highest BCUT2D eigenvalue weighted by atomic mass is 32.2. The summed E-state index contributed by atoms with van der Waals surface area (Å²) < 4.78 is 32.0. The molecule has 1 atom stereocenters. The van der Waals surface area contributed by atoms with Crippen molar-refractivity contribution in [1.82, 2.24) is 9.21 Å². The third-order valence-electron chi connectivity index (χ3n) is 5.11. The summed E-state index contributed by atoms with van der Waals surface area (Å²) in [4.78, 5) is 26.6. The summed E-state index contributed by atoms with van der Waals surface area (Å²) in [5.74, 6) is -0.845. The van der Waals surface area contributed by atoms with Crippen molar-refractivity contribution in [3.63, 3.8) is 0 Å². The second-order valence-electron chi connectivity index (χ2n) is 6.98. The van der Waals surface area contributed by atoms with Crippen molar-refractivity contribution in [2.45, 2.75) is 37.5 Å². The zero-order chi connectivity index (χ0) is 19.4. The summed E-state index contributed by atoms with van der Waals surface area (Å²) >= 11 is 0. The monoisotopic (exact) mass is 394 g/mol. The Bertz CT molecular complexity index is 802. The van der Waals surface area contributed by atoms with Crippen molar-refractivity contribution in [3.05, 3.63) is 29.8 Å². The van der Waals surface area contributed by atoms with Crippen molar-refractivity contribution in [3.8, 4) is 0 Å². The number of ether oxygens (including phenoxy) is 1. The highest BCUT2D eigenvalue weighted by Gasteiger charge is 2.31. The van der Waals surface area contributed by atoms with Crippen LogP contribution in [0.1, 0.15) is 43.0 Å². The van der Waals surface area contributed by atoms with Gasteiger partial charge in [0.1, 0.15) is 0 Å². The summed E-state index contributed by atoms with van der Waals surface area (Å²) in [6, 6.07) is 6.20. The molecule has 148 valence electrons. The molecule has 0 radical (unpaired) electrons. The molecule has 2 aliphatic rings. The maximum Gasteiger partial charge on any atom is 0.310 e. The van der Waals surface area contributed by atoms with Crippen molar-refractivity contribution in [2.75, 3.05) is 32.8 Å². The van der Waals surface area contributed by atoms with Gasteiger partial charge in [-0.2, -0.15) is 4.31 Å². The van der Waals surface area contributed by atoms with Crippen LogP contribution in [0.5, 0.6) is 0 Å². The van der Waals surface area contributed by atoms with E-state index in [1.165, 1.54) is 16.4 Å². The van der Waals surface area contributed by atoms with Gasteiger partial charge in [0.15, 0.2) is 0 Å². The fourth-order valence-electron chi connectivity index (χ4n) is 3.66. The van der Waals surface area contributed by atoms with Gasteiger partial charge in [-0.25, -0.2) is 8.42 Å². The number of amides is 1. The lowest BCUT2D eigenvalue weighted by molar-refractivity contribution is -0.149. The van der Waals surface area contributed by atoms with E-state index >= 15 is 0 Å². The molecule has 2 fully saturated rings. The normalized spacial score (nSPS) is 21.2. The Kier molecular flexibility index (Phi) is 6.16. The maximum absolute atomic E-state index is 12.9. The van der Waals surface area contributed by atoms with Crippen LogP contribution in [0.15, 0.2) is 29.2 Å². The largest absolute Gasteiger partial charge is 0.466 e. The Labute approximate surface area is 160 Å². The van der Waals surface area contributed by atoms with E-state index in [4.69, 9.17) is 4.74 Å². The summed E-state index contributed by atoms with van der Waals surface area (Å²) in [6.45, 7) is 3.98. The van der Waals surface area contributed by atoms with Crippen LogP contribution in [-0.2, 0) is 19.6 Å². The van der Waals surface area contributed by atoms with Crippen LogP contribution in [0.4, 0.5) is 0 Å². The third-order valence-corrected chi connectivity index (χ3v) is 7.01. The fraction of sp³-hybridized carbons (Fsp3) is 0.579. The molecule has 27 heavy (non-hydrogen) atoms. The van der Waals surface area contributed by atoms with Crippen LogP contribution in [0.2, 0.25) is 0 Å². The highest BCUT2D eigenvalue weighted by molar-refractivity contribution is 7.89. The molecule has 0 unspecified atom stereocenters. The van der Waals surface area contributed by atoms with E-state index in [0.717, 1.165) is 19.3 Å². The Hall–Kier alpha value is -1.93. The highest BCUT2D eigenvalue weighted by Crippen LogP contribution is 2.24. The topological polar surface area (TPSA) is 84.0 Å². The zero-order valence-electron chi connectivity index (χ0n) is 15.6. The fourth-order valence-corrected chi connectivity index (χ4v) is 5.23. The maximum atomic E-state index is 12.9. The van der Waals surface area contributed by atoms with Crippen molar-refractivity contribution in [1.29, 1.82) is 0 Å². The van der Waals surface area contributed by atoms with Crippen molar-refractivity contribution in [2.24, 2.45) is 5.92 Å². The smallest absolute Gasteiger partial charge is 0.310 e. The summed E-state index contributed by atoms with van der Waals surface area (Å²) in [5.41, 5.74) is 0.333. The van der Waals surface area contributed by atoms with Gasteiger partial charge in [0.2, 0.25) is 10.0 Å².